The molecule has 0 saturated carbocycles. The number of nitrogens with two attached hydrogens (primary N) is 1. The highest BCUT2D eigenvalue weighted by atomic mass is 32.1. The largest absolute Gasteiger partial charge is 0.497 e. The second-order valence-electron chi connectivity index (χ2n) is 3.72. The molecule has 0 amide bonds. The van der Waals surface area contributed by atoms with Gasteiger partial charge in [0.2, 0.25) is 0 Å². The molecule has 0 aliphatic carbocycles. The summed E-state index contributed by atoms with van der Waals surface area (Å²) in [7, 11) is 1.64. The highest BCUT2D eigenvalue weighted by molar-refractivity contribution is 7.80. The number of aromatic nitrogens is 1. The lowest BCUT2D eigenvalue weighted by atomic mass is 10.3. The first-order valence-corrected chi connectivity index (χ1v) is 6.89. The van der Waals surface area contributed by atoms with Gasteiger partial charge in [-0.05, 0) is 30.3 Å². The van der Waals surface area contributed by atoms with E-state index in [9.17, 15) is 0 Å². The summed E-state index contributed by atoms with van der Waals surface area (Å²) in [6, 6.07) is 15.5. The van der Waals surface area contributed by atoms with E-state index in [2.05, 4.69) is 17.6 Å². The lowest BCUT2D eigenvalue weighted by Crippen LogP contribution is -1.81. The van der Waals surface area contributed by atoms with Crippen LogP contribution in [0.15, 0.2) is 53.4 Å². The number of fused-ring (bicyclic) bond motifs is 1. The van der Waals surface area contributed by atoms with Crippen LogP contribution in [0, 0.1) is 0 Å². The van der Waals surface area contributed by atoms with E-state index in [1.54, 1.807) is 7.11 Å². The van der Waals surface area contributed by atoms with Crippen molar-refractivity contribution in [1.82, 2.24) is 4.98 Å². The Kier molecular flexibility index (Phi) is 4.65. The molecule has 2 aromatic carbocycles. The van der Waals surface area contributed by atoms with Crippen LogP contribution in [0.2, 0.25) is 0 Å². The van der Waals surface area contributed by atoms with Gasteiger partial charge in [0.25, 0.3) is 0 Å². The predicted molar refractivity (Wildman–Crippen MR) is 84.3 cm³/mol. The fraction of sp³-hybridized carbons (Fsp3) is 0.0714. The van der Waals surface area contributed by atoms with Gasteiger partial charge in [-0.15, -0.1) is 12.6 Å². The van der Waals surface area contributed by atoms with Crippen molar-refractivity contribution < 1.29 is 4.74 Å². The van der Waals surface area contributed by atoms with Gasteiger partial charge in [0.05, 0.1) is 17.3 Å². The number of thiol groups is 1. The van der Waals surface area contributed by atoms with Crippen molar-refractivity contribution in [1.29, 1.82) is 0 Å². The minimum atomic E-state index is 0.596. The average molecular weight is 290 g/mol. The summed E-state index contributed by atoms with van der Waals surface area (Å²) < 4.78 is 6.13. The molecule has 0 saturated heterocycles. The quantitative estimate of drug-likeness (QED) is 0.669. The molecule has 1 heterocycles. The van der Waals surface area contributed by atoms with Crippen molar-refractivity contribution in [3.63, 3.8) is 0 Å². The van der Waals surface area contributed by atoms with Crippen molar-refractivity contribution in [2.24, 2.45) is 0 Å². The molecule has 0 unspecified atom stereocenters. The summed E-state index contributed by atoms with van der Waals surface area (Å²) >= 11 is 5.55. The maximum absolute atomic E-state index is 5.55. The first-order chi connectivity index (χ1) is 9.19. The van der Waals surface area contributed by atoms with Crippen LogP contribution >= 0.6 is 24.0 Å². The molecule has 1 aromatic heterocycles. The third-order valence-corrected chi connectivity index (χ3v) is 3.51. The van der Waals surface area contributed by atoms with Gasteiger partial charge in [-0.25, -0.2) is 4.98 Å². The zero-order valence-corrected chi connectivity index (χ0v) is 12.1. The molecule has 3 aromatic rings. The summed E-state index contributed by atoms with van der Waals surface area (Å²) in [6.45, 7) is 0. The van der Waals surface area contributed by atoms with Crippen molar-refractivity contribution >= 4 is 39.3 Å². The maximum Gasteiger partial charge on any atom is 0.181 e. The maximum atomic E-state index is 5.55. The van der Waals surface area contributed by atoms with Crippen LogP contribution in [-0.2, 0) is 0 Å². The fourth-order valence-corrected chi connectivity index (χ4v) is 2.41. The lowest BCUT2D eigenvalue weighted by molar-refractivity contribution is 0.415. The van der Waals surface area contributed by atoms with Gasteiger partial charge in [0.1, 0.15) is 5.75 Å². The number of ether oxygens (including phenoxy) is 1. The number of rotatable bonds is 1. The van der Waals surface area contributed by atoms with Crippen molar-refractivity contribution in [2.75, 3.05) is 12.8 Å². The van der Waals surface area contributed by atoms with E-state index in [0.29, 0.717) is 5.13 Å². The van der Waals surface area contributed by atoms with Gasteiger partial charge in [-0.3, -0.25) is 0 Å². The zero-order valence-electron chi connectivity index (χ0n) is 10.4. The second kappa shape index (κ2) is 6.45. The molecule has 0 aliphatic heterocycles. The van der Waals surface area contributed by atoms with Gasteiger partial charge in [0, 0.05) is 4.90 Å². The fourth-order valence-electron chi connectivity index (χ4n) is 1.48. The second-order valence-corrected chi connectivity index (χ2v) is 5.30. The van der Waals surface area contributed by atoms with Crippen LogP contribution in [0.25, 0.3) is 10.2 Å². The molecule has 2 N–H and O–H groups in total. The zero-order chi connectivity index (χ0) is 13.7. The molecule has 0 atom stereocenters. The molecule has 98 valence electrons. The highest BCUT2D eigenvalue weighted by Gasteiger charge is 2.01. The number of hydrogen-bond acceptors (Lipinski definition) is 5. The molecule has 0 bridgehead atoms. The Hall–Kier alpha value is -1.72. The van der Waals surface area contributed by atoms with Crippen LogP contribution in [0.5, 0.6) is 5.75 Å². The predicted octanol–water partition coefficient (Wildman–Crippen LogP) is 3.86. The Morgan fingerprint density at radius 3 is 2.47 bits per heavy atom. The molecule has 0 aliphatic rings. The molecule has 0 fully saturated rings. The first kappa shape index (κ1) is 13.7. The third-order valence-electron chi connectivity index (χ3n) is 2.37. The summed E-state index contributed by atoms with van der Waals surface area (Å²) in [5.41, 5.74) is 6.48. The topological polar surface area (TPSA) is 48.1 Å². The third kappa shape index (κ3) is 3.87. The van der Waals surface area contributed by atoms with Crippen LogP contribution in [0.3, 0.4) is 0 Å². The molecular formula is C14H14N2OS2. The first-order valence-electron chi connectivity index (χ1n) is 5.63. The van der Waals surface area contributed by atoms with E-state index in [1.807, 2.05) is 48.5 Å². The summed E-state index contributed by atoms with van der Waals surface area (Å²) in [4.78, 5) is 5.15. The van der Waals surface area contributed by atoms with Gasteiger partial charge in [-0.1, -0.05) is 29.5 Å². The minimum absolute atomic E-state index is 0.596. The van der Waals surface area contributed by atoms with Gasteiger partial charge < -0.3 is 10.5 Å². The molecule has 3 nitrogen and oxygen atoms in total. The molecule has 0 spiro atoms. The minimum Gasteiger partial charge on any atom is -0.497 e. The normalized spacial score (nSPS) is 9.79. The highest BCUT2D eigenvalue weighted by Crippen LogP contribution is 2.27. The number of benzene rings is 2. The summed E-state index contributed by atoms with van der Waals surface area (Å²) in [6.07, 6.45) is 0. The van der Waals surface area contributed by atoms with Gasteiger partial charge in [0.15, 0.2) is 5.13 Å². The molecule has 0 radical (unpaired) electrons. The van der Waals surface area contributed by atoms with Crippen LogP contribution in [-0.4, -0.2) is 12.1 Å². The van der Waals surface area contributed by atoms with Crippen LogP contribution in [0.4, 0.5) is 5.13 Å². The van der Waals surface area contributed by atoms with E-state index in [0.717, 1.165) is 20.9 Å². The molecule has 3 rings (SSSR count). The number of anilines is 1. The number of thiazole rings is 1. The summed E-state index contributed by atoms with van der Waals surface area (Å²) in [5.74, 6) is 0.839. The summed E-state index contributed by atoms with van der Waals surface area (Å²) in [5, 5.41) is 0.596. The van der Waals surface area contributed by atoms with Crippen molar-refractivity contribution in [2.45, 2.75) is 4.90 Å². The Labute approximate surface area is 121 Å². The Balaban J connectivity index is 0.000000163. The van der Waals surface area contributed by atoms with Gasteiger partial charge >= 0.3 is 0 Å². The molecule has 19 heavy (non-hydrogen) atoms. The number of hydrogen-bond donors (Lipinski definition) is 2. The molecular weight excluding hydrogens is 276 g/mol. The number of nitrogens with zero attached hydrogens (tertiary/aromatic N) is 1. The Morgan fingerprint density at radius 2 is 1.89 bits per heavy atom. The Bertz CT molecular complexity index is 653. The van der Waals surface area contributed by atoms with Crippen molar-refractivity contribution in [3.05, 3.63) is 48.5 Å². The van der Waals surface area contributed by atoms with Crippen LogP contribution < -0.4 is 10.5 Å². The number of methoxy groups -OCH3 is 1. The van der Waals surface area contributed by atoms with E-state index in [4.69, 9.17) is 10.5 Å². The smallest absolute Gasteiger partial charge is 0.181 e. The average Bonchev–Trinajstić information content (AvgIpc) is 2.79. The van der Waals surface area contributed by atoms with Crippen molar-refractivity contribution in [3.8, 4) is 5.75 Å². The SMILES string of the molecule is COc1ccc2nc(N)sc2c1.Sc1ccccc1. The van der Waals surface area contributed by atoms with E-state index >= 15 is 0 Å². The van der Waals surface area contributed by atoms with E-state index in [-0.39, 0.29) is 0 Å². The van der Waals surface area contributed by atoms with Crippen LogP contribution in [0.1, 0.15) is 0 Å². The van der Waals surface area contributed by atoms with E-state index < -0.39 is 0 Å². The number of nitrogen functional groups attached to an aromatic ring is 1. The molecule has 5 heteroatoms. The standard InChI is InChI=1S/C8H8N2OS.C6H6S/c1-11-5-2-3-6-7(4-5)12-8(9)10-6;7-6-4-2-1-3-5-6/h2-4H,1H3,(H2,9,10);1-5,7H. The van der Waals surface area contributed by atoms with Gasteiger partial charge in [-0.2, -0.15) is 0 Å². The Morgan fingerprint density at radius 1 is 1.16 bits per heavy atom. The monoisotopic (exact) mass is 290 g/mol. The van der Waals surface area contributed by atoms with E-state index in [1.165, 1.54) is 11.3 Å². The lowest BCUT2D eigenvalue weighted by Gasteiger charge is -1.96.